The Bertz CT molecular complexity index is 1230. The normalized spacial score (nSPS) is 12.3. The van der Waals surface area contributed by atoms with Crippen LogP contribution in [0, 0.1) is 10.8 Å². The fourth-order valence-corrected chi connectivity index (χ4v) is 3.87. The Kier molecular flexibility index (Phi) is 9.00. The van der Waals surface area contributed by atoms with Crippen LogP contribution in [-0.4, -0.2) is 34.2 Å². The minimum absolute atomic E-state index is 0.0570. The Morgan fingerprint density at radius 2 is 1.42 bits per heavy atom. The molecule has 186 valence electrons. The van der Waals surface area contributed by atoms with E-state index in [0.29, 0.717) is 35.0 Å². The molecule has 0 aliphatic carbocycles. The number of allylic oxidation sites excluding steroid dienone is 2. The molecule has 3 aromatic carbocycles. The van der Waals surface area contributed by atoms with Crippen molar-refractivity contribution in [3.8, 4) is 11.5 Å². The first kappa shape index (κ1) is 26.2. The lowest BCUT2D eigenvalue weighted by Gasteiger charge is -2.20. The van der Waals surface area contributed by atoms with Crippen LogP contribution >= 0.6 is 0 Å². The number of aliphatic hydroxyl groups excluding tert-OH is 1. The third-order valence-electron chi connectivity index (χ3n) is 5.64. The molecule has 3 aromatic rings. The molecule has 0 heterocycles. The van der Waals surface area contributed by atoms with Crippen LogP contribution in [0.4, 0.5) is 0 Å². The number of benzene rings is 3. The first-order valence-corrected chi connectivity index (χ1v) is 11.5. The average molecular weight is 487 g/mol. The molecule has 0 fully saturated rings. The predicted octanol–water partition coefficient (Wildman–Crippen LogP) is 6.14. The highest BCUT2D eigenvalue weighted by Gasteiger charge is 2.24. The van der Waals surface area contributed by atoms with Crippen LogP contribution in [0.15, 0.2) is 90.2 Å². The van der Waals surface area contributed by atoms with Gasteiger partial charge in [0.1, 0.15) is 24.7 Å². The monoisotopic (exact) mass is 486 g/mol. The van der Waals surface area contributed by atoms with Gasteiger partial charge in [-0.05, 0) is 54.8 Å². The molecule has 7 heteroatoms. The highest BCUT2D eigenvalue weighted by molar-refractivity contribution is 5.99. The van der Waals surface area contributed by atoms with Gasteiger partial charge in [-0.15, -0.1) is 0 Å². The lowest BCUT2D eigenvalue weighted by Crippen LogP contribution is -2.15. The minimum Gasteiger partial charge on any atom is -0.512 e. The lowest BCUT2D eigenvalue weighted by atomic mass is 9.85. The van der Waals surface area contributed by atoms with Gasteiger partial charge in [0.15, 0.2) is 0 Å². The molecule has 7 nitrogen and oxygen atoms in total. The number of ether oxygens (including phenoxy) is 2. The largest absolute Gasteiger partial charge is 0.512 e. The topological polar surface area (TPSA) is 124 Å². The third-order valence-corrected chi connectivity index (χ3v) is 5.64. The second-order valence-corrected chi connectivity index (χ2v) is 8.41. The van der Waals surface area contributed by atoms with Gasteiger partial charge in [0.2, 0.25) is 0 Å². The van der Waals surface area contributed by atoms with Crippen LogP contribution in [0.3, 0.4) is 0 Å². The summed E-state index contributed by atoms with van der Waals surface area (Å²) in [5.41, 5.74) is 3.30. The Morgan fingerprint density at radius 3 is 1.97 bits per heavy atom. The second kappa shape index (κ2) is 12.4. The van der Waals surface area contributed by atoms with E-state index in [0.717, 1.165) is 11.1 Å². The van der Waals surface area contributed by atoms with Crippen molar-refractivity contribution in [2.45, 2.75) is 32.8 Å². The van der Waals surface area contributed by atoms with Crippen molar-refractivity contribution in [3.63, 3.8) is 0 Å². The lowest BCUT2D eigenvalue weighted by molar-refractivity contribution is -0.137. The van der Waals surface area contributed by atoms with E-state index in [2.05, 4.69) is 0 Å². The smallest absolute Gasteiger partial charge is 0.304 e. The number of aliphatic hydroxyl groups is 1. The molecular formula is C29H30N2O5. The highest BCUT2D eigenvalue weighted by Crippen LogP contribution is 2.32. The van der Waals surface area contributed by atoms with Gasteiger partial charge in [-0.1, -0.05) is 54.6 Å². The number of nitrogens with one attached hydrogen (secondary N) is 2. The Balaban J connectivity index is 1.58. The molecule has 0 bridgehead atoms. The molecule has 0 saturated carbocycles. The van der Waals surface area contributed by atoms with E-state index in [1.54, 1.807) is 24.3 Å². The van der Waals surface area contributed by atoms with Crippen molar-refractivity contribution in [1.29, 1.82) is 10.8 Å². The maximum absolute atomic E-state index is 11.4. The Morgan fingerprint density at radius 1 is 0.833 bits per heavy atom. The number of rotatable bonds is 12. The molecular weight excluding hydrogens is 456 g/mol. The van der Waals surface area contributed by atoms with Crippen LogP contribution in [0.2, 0.25) is 0 Å². The maximum Gasteiger partial charge on any atom is 0.304 e. The molecule has 0 aromatic heterocycles. The molecule has 1 unspecified atom stereocenters. The average Bonchev–Trinajstić information content (AvgIpc) is 2.86. The molecule has 0 radical (unpaired) electrons. The van der Waals surface area contributed by atoms with Crippen molar-refractivity contribution in [2.75, 3.05) is 6.61 Å². The van der Waals surface area contributed by atoms with Gasteiger partial charge in [0.05, 0.1) is 17.9 Å². The molecule has 36 heavy (non-hydrogen) atoms. The molecule has 4 N–H and O–H groups in total. The van der Waals surface area contributed by atoms with Crippen LogP contribution in [0.25, 0.3) is 0 Å². The molecule has 0 saturated heterocycles. The van der Waals surface area contributed by atoms with E-state index in [9.17, 15) is 15.0 Å². The standard InChI is InChI=1S/C29H30N2O5/c1-19(30)29(20(2)32)26(16-28(33)34)22-10-14-25(15-11-22)35-17-21-8-12-24(13-9-21)36-18-27(31)23-6-4-3-5-7-23/h3-15,26,30-32H,16-18H2,1-2H3,(H,33,34)/b29-20+,30-19?,31-27?. The van der Waals surface area contributed by atoms with Gasteiger partial charge in [0.25, 0.3) is 0 Å². The first-order chi connectivity index (χ1) is 17.2. The number of carboxylic acids is 1. The van der Waals surface area contributed by atoms with Crippen LogP contribution < -0.4 is 9.47 Å². The summed E-state index contributed by atoms with van der Waals surface area (Å²) in [6.07, 6.45) is -0.233. The summed E-state index contributed by atoms with van der Waals surface area (Å²) in [5, 5.41) is 35.4. The van der Waals surface area contributed by atoms with Crippen molar-refractivity contribution < 1.29 is 24.5 Å². The van der Waals surface area contributed by atoms with Crippen molar-refractivity contribution in [1.82, 2.24) is 0 Å². The molecule has 0 amide bonds. The van der Waals surface area contributed by atoms with Gasteiger partial charge in [-0.3, -0.25) is 4.79 Å². The number of hydrogen-bond donors (Lipinski definition) is 4. The maximum atomic E-state index is 11.4. The van der Waals surface area contributed by atoms with E-state index in [1.165, 1.54) is 13.8 Å². The van der Waals surface area contributed by atoms with Gasteiger partial charge < -0.3 is 30.5 Å². The summed E-state index contributed by atoms with van der Waals surface area (Å²) in [6, 6.07) is 23.9. The Hall–Kier alpha value is -4.39. The summed E-state index contributed by atoms with van der Waals surface area (Å²) in [5.74, 6) is -0.418. The summed E-state index contributed by atoms with van der Waals surface area (Å²) in [4.78, 5) is 11.4. The zero-order valence-electron chi connectivity index (χ0n) is 20.3. The van der Waals surface area contributed by atoms with E-state index < -0.39 is 11.9 Å². The van der Waals surface area contributed by atoms with E-state index in [-0.39, 0.29) is 24.5 Å². The molecule has 3 rings (SSSR count). The first-order valence-electron chi connectivity index (χ1n) is 11.5. The zero-order valence-corrected chi connectivity index (χ0v) is 20.3. The van der Waals surface area contributed by atoms with E-state index in [4.69, 9.17) is 20.3 Å². The zero-order chi connectivity index (χ0) is 26.1. The summed E-state index contributed by atoms with van der Waals surface area (Å²) >= 11 is 0. The van der Waals surface area contributed by atoms with Crippen molar-refractivity contribution >= 4 is 17.4 Å². The molecule has 1 atom stereocenters. The summed E-state index contributed by atoms with van der Waals surface area (Å²) in [7, 11) is 0. The summed E-state index contributed by atoms with van der Waals surface area (Å²) in [6.45, 7) is 3.51. The molecule has 0 spiro atoms. The van der Waals surface area contributed by atoms with Gasteiger partial charge >= 0.3 is 5.97 Å². The highest BCUT2D eigenvalue weighted by atomic mass is 16.5. The van der Waals surface area contributed by atoms with Crippen LogP contribution in [0.5, 0.6) is 11.5 Å². The van der Waals surface area contributed by atoms with Gasteiger partial charge in [-0.2, -0.15) is 0 Å². The minimum atomic E-state index is -1.01. The van der Waals surface area contributed by atoms with Crippen molar-refractivity contribution in [2.24, 2.45) is 0 Å². The van der Waals surface area contributed by atoms with Crippen LogP contribution in [-0.2, 0) is 11.4 Å². The fourth-order valence-electron chi connectivity index (χ4n) is 3.87. The SMILES string of the molecule is CC(=N)/C(=C(/C)O)C(CC(=O)O)c1ccc(OCc2ccc(OCC(=N)c3ccccc3)cc2)cc1. The quantitative estimate of drug-likeness (QED) is 0.181. The number of carboxylic acid groups (broad SMARTS) is 1. The van der Waals surface area contributed by atoms with E-state index in [1.807, 2.05) is 54.6 Å². The van der Waals surface area contributed by atoms with Gasteiger partial charge in [-0.25, -0.2) is 0 Å². The number of hydrogen-bond acceptors (Lipinski definition) is 6. The predicted molar refractivity (Wildman–Crippen MR) is 140 cm³/mol. The summed E-state index contributed by atoms with van der Waals surface area (Å²) < 4.78 is 11.6. The molecule has 0 aliphatic heterocycles. The number of carbonyl (C=O) groups is 1. The fraction of sp³-hybridized carbons (Fsp3) is 0.207. The third kappa shape index (κ3) is 7.30. The van der Waals surface area contributed by atoms with Crippen LogP contribution in [0.1, 0.15) is 42.9 Å². The molecule has 0 aliphatic rings. The number of aliphatic carboxylic acids is 1. The van der Waals surface area contributed by atoms with E-state index >= 15 is 0 Å². The van der Waals surface area contributed by atoms with Crippen molar-refractivity contribution in [3.05, 3.63) is 107 Å². The second-order valence-electron chi connectivity index (χ2n) is 8.41. The Labute approximate surface area is 210 Å². The van der Waals surface area contributed by atoms with Gasteiger partial charge in [0, 0.05) is 17.2 Å².